The van der Waals surface area contributed by atoms with Gasteiger partial charge in [-0.1, -0.05) is 40.0 Å². The van der Waals surface area contributed by atoms with Crippen LogP contribution in [0.15, 0.2) is 0 Å². The van der Waals surface area contributed by atoms with Crippen LogP contribution in [0.3, 0.4) is 0 Å². The van der Waals surface area contributed by atoms with Gasteiger partial charge in [-0.25, -0.2) is 4.39 Å². The first-order valence-electron chi connectivity index (χ1n) is 7.84. The maximum Gasteiger partial charge on any atom is 0.315 e. The number of esters is 1. The Morgan fingerprint density at radius 2 is 1.55 bits per heavy atom. The average Bonchev–Trinajstić information content (AvgIpc) is 2.36. The molecule has 1 aliphatic carbocycles. The number of rotatable bonds is 4. The molecule has 118 valence electrons. The van der Waals surface area contributed by atoms with Crippen LogP contribution < -0.4 is 0 Å². The highest BCUT2D eigenvalue weighted by atomic mass is 19.1. The molecule has 1 rings (SSSR count). The highest BCUT2D eigenvalue weighted by molar-refractivity contribution is 5.78. The summed E-state index contributed by atoms with van der Waals surface area (Å²) < 4.78 is 19.3. The minimum atomic E-state index is -1.08. The Kier molecular flexibility index (Phi) is 5.26. The Hall–Kier alpha value is -0.600. The smallest absolute Gasteiger partial charge is 0.315 e. The van der Waals surface area contributed by atoms with E-state index in [2.05, 4.69) is 0 Å². The summed E-state index contributed by atoms with van der Waals surface area (Å²) in [5, 5.41) is 0. The van der Waals surface area contributed by atoms with Gasteiger partial charge in [-0.3, -0.25) is 4.79 Å². The molecule has 0 saturated heterocycles. The lowest BCUT2D eigenvalue weighted by Gasteiger charge is -2.42. The lowest BCUT2D eigenvalue weighted by molar-refractivity contribution is -0.183. The van der Waals surface area contributed by atoms with Crippen LogP contribution in [0.2, 0.25) is 0 Å². The Bertz CT molecular complexity index is 337. The second-order valence-electron chi connectivity index (χ2n) is 8.04. The second-order valence-corrected chi connectivity index (χ2v) is 8.04. The monoisotopic (exact) mass is 286 g/mol. The molecule has 1 aliphatic rings. The van der Waals surface area contributed by atoms with E-state index in [4.69, 9.17) is 4.74 Å². The highest BCUT2D eigenvalue weighted by Crippen LogP contribution is 2.42. The van der Waals surface area contributed by atoms with Crippen molar-refractivity contribution < 1.29 is 13.9 Å². The van der Waals surface area contributed by atoms with Gasteiger partial charge >= 0.3 is 5.97 Å². The molecule has 3 heteroatoms. The van der Waals surface area contributed by atoms with Gasteiger partial charge in [-0.2, -0.15) is 0 Å². The van der Waals surface area contributed by atoms with Crippen molar-refractivity contribution in [1.29, 1.82) is 0 Å². The van der Waals surface area contributed by atoms with Crippen LogP contribution in [-0.4, -0.2) is 18.2 Å². The molecule has 1 unspecified atom stereocenters. The van der Waals surface area contributed by atoms with Crippen molar-refractivity contribution in [2.24, 2.45) is 16.7 Å². The summed E-state index contributed by atoms with van der Waals surface area (Å²) >= 11 is 0. The molecular weight excluding hydrogens is 255 g/mol. The molecular formula is C17H31FO2. The first-order valence-corrected chi connectivity index (χ1v) is 7.84. The fourth-order valence-corrected chi connectivity index (χ4v) is 2.79. The largest absolute Gasteiger partial charge is 0.459 e. The average molecular weight is 286 g/mol. The number of hydrogen-bond acceptors (Lipinski definition) is 2. The fraction of sp³-hybridized carbons (Fsp3) is 0.941. The van der Waals surface area contributed by atoms with Crippen molar-refractivity contribution in [3.05, 3.63) is 0 Å². The zero-order valence-corrected chi connectivity index (χ0v) is 14.0. The van der Waals surface area contributed by atoms with Crippen LogP contribution in [0, 0.1) is 16.7 Å². The Balaban J connectivity index is 2.82. The van der Waals surface area contributed by atoms with Gasteiger partial charge in [-0.05, 0) is 44.9 Å². The van der Waals surface area contributed by atoms with Crippen LogP contribution in [0.1, 0.15) is 73.6 Å². The van der Waals surface area contributed by atoms with Crippen LogP contribution >= 0.6 is 0 Å². The van der Waals surface area contributed by atoms with E-state index >= 15 is 0 Å². The number of ether oxygens (including phenoxy) is 1. The molecule has 0 aliphatic heterocycles. The molecule has 0 N–H and O–H groups in total. The fourth-order valence-electron chi connectivity index (χ4n) is 2.79. The Morgan fingerprint density at radius 3 is 1.95 bits per heavy atom. The SMILES string of the molecule is CC(C)(OC(=O)C(C)(CF)C(C)(C)C)C1CCCCC1. The number of halogens is 1. The lowest BCUT2D eigenvalue weighted by Crippen LogP contribution is -2.48. The molecule has 0 aromatic heterocycles. The van der Waals surface area contributed by atoms with Gasteiger partial charge in [0.25, 0.3) is 0 Å². The minimum Gasteiger partial charge on any atom is -0.459 e. The van der Waals surface area contributed by atoms with Crippen molar-refractivity contribution in [1.82, 2.24) is 0 Å². The first-order chi connectivity index (χ1) is 9.04. The maximum absolute atomic E-state index is 13.5. The summed E-state index contributed by atoms with van der Waals surface area (Å²) in [5.41, 5.74) is -2.04. The number of hydrogen-bond donors (Lipinski definition) is 0. The van der Waals surface area contributed by atoms with Crippen molar-refractivity contribution in [3.8, 4) is 0 Å². The quantitative estimate of drug-likeness (QED) is 0.686. The Labute approximate surface area is 123 Å². The van der Waals surface area contributed by atoms with Crippen molar-refractivity contribution in [3.63, 3.8) is 0 Å². The van der Waals surface area contributed by atoms with E-state index < -0.39 is 29.1 Å². The van der Waals surface area contributed by atoms with Gasteiger partial charge < -0.3 is 4.74 Å². The van der Waals surface area contributed by atoms with Gasteiger partial charge in [0, 0.05) is 0 Å². The van der Waals surface area contributed by atoms with Gasteiger partial charge in [0.05, 0.1) is 5.41 Å². The topological polar surface area (TPSA) is 26.3 Å². The van der Waals surface area contributed by atoms with E-state index in [1.54, 1.807) is 6.92 Å². The summed E-state index contributed by atoms with van der Waals surface area (Å²) in [5.74, 6) is -0.00731. The zero-order chi connectivity index (χ0) is 15.6. The summed E-state index contributed by atoms with van der Waals surface area (Å²) in [7, 11) is 0. The van der Waals surface area contributed by atoms with E-state index in [9.17, 15) is 9.18 Å². The van der Waals surface area contributed by atoms with E-state index in [0.717, 1.165) is 12.8 Å². The molecule has 1 atom stereocenters. The molecule has 1 fully saturated rings. The number of carbonyl (C=O) groups excluding carboxylic acids is 1. The molecule has 0 spiro atoms. The molecule has 0 radical (unpaired) electrons. The third kappa shape index (κ3) is 3.53. The van der Waals surface area contributed by atoms with Crippen LogP contribution in [0.4, 0.5) is 4.39 Å². The predicted octanol–water partition coefficient (Wildman–Crippen LogP) is 4.91. The third-order valence-corrected chi connectivity index (χ3v) is 5.32. The standard InChI is InChI=1S/C17H31FO2/c1-15(2,3)17(6,12-18)14(19)20-16(4,5)13-10-8-7-9-11-13/h13H,7-12H2,1-6H3. The van der Waals surface area contributed by atoms with Crippen molar-refractivity contribution in [2.45, 2.75) is 79.2 Å². The highest BCUT2D eigenvalue weighted by Gasteiger charge is 2.48. The predicted molar refractivity (Wildman–Crippen MR) is 80.3 cm³/mol. The van der Waals surface area contributed by atoms with Crippen LogP contribution in [-0.2, 0) is 9.53 Å². The molecule has 2 nitrogen and oxygen atoms in total. The summed E-state index contributed by atoms with van der Waals surface area (Å²) in [6.07, 6.45) is 5.87. The number of carbonyl (C=O) groups is 1. The van der Waals surface area contributed by atoms with E-state index in [0.29, 0.717) is 5.92 Å². The van der Waals surface area contributed by atoms with E-state index in [1.165, 1.54) is 19.3 Å². The normalized spacial score (nSPS) is 21.4. The lowest BCUT2D eigenvalue weighted by atomic mass is 9.68. The third-order valence-electron chi connectivity index (χ3n) is 5.32. The molecule has 0 heterocycles. The maximum atomic E-state index is 13.5. The second kappa shape index (κ2) is 6.03. The van der Waals surface area contributed by atoms with E-state index in [-0.39, 0.29) is 0 Å². The van der Waals surface area contributed by atoms with Gasteiger partial charge in [0.2, 0.25) is 0 Å². The van der Waals surface area contributed by atoms with Crippen LogP contribution in [0.25, 0.3) is 0 Å². The van der Waals surface area contributed by atoms with Crippen LogP contribution in [0.5, 0.6) is 0 Å². The summed E-state index contributed by atoms with van der Waals surface area (Å²) in [4.78, 5) is 12.5. The van der Waals surface area contributed by atoms with Crippen molar-refractivity contribution >= 4 is 5.97 Å². The summed E-state index contributed by atoms with van der Waals surface area (Å²) in [6.45, 7) is 10.6. The summed E-state index contributed by atoms with van der Waals surface area (Å²) in [6, 6.07) is 0. The molecule has 0 aromatic rings. The molecule has 0 amide bonds. The Morgan fingerprint density at radius 1 is 1.05 bits per heavy atom. The molecule has 0 bridgehead atoms. The molecule has 20 heavy (non-hydrogen) atoms. The van der Waals surface area contributed by atoms with Gasteiger partial charge in [-0.15, -0.1) is 0 Å². The minimum absolute atomic E-state index is 0.393. The zero-order valence-electron chi connectivity index (χ0n) is 14.0. The first kappa shape index (κ1) is 17.5. The van der Waals surface area contributed by atoms with E-state index in [1.807, 2.05) is 34.6 Å². The van der Waals surface area contributed by atoms with Gasteiger partial charge in [0.15, 0.2) is 0 Å². The van der Waals surface area contributed by atoms with Gasteiger partial charge in [0.1, 0.15) is 12.3 Å². The van der Waals surface area contributed by atoms with Crippen molar-refractivity contribution in [2.75, 3.05) is 6.67 Å². The molecule has 1 saturated carbocycles. The number of alkyl halides is 1. The molecule has 0 aromatic carbocycles.